The molecule has 0 bridgehead atoms. The summed E-state index contributed by atoms with van der Waals surface area (Å²) in [6, 6.07) is 6.85. The predicted molar refractivity (Wildman–Crippen MR) is 67.6 cm³/mol. The first kappa shape index (κ1) is 12.6. The van der Waals surface area contributed by atoms with E-state index in [2.05, 4.69) is 15.4 Å². The molecule has 0 unspecified atom stereocenters. The summed E-state index contributed by atoms with van der Waals surface area (Å²) in [5.41, 5.74) is 2.85. The van der Waals surface area contributed by atoms with Gasteiger partial charge in [0.2, 0.25) is 5.88 Å². The SMILES string of the molecule is COc1cc(C#N)ccc1Oc1cncc(NN)n1. The summed E-state index contributed by atoms with van der Waals surface area (Å²) in [7, 11) is 1.49. The van der Waals surface area contributed by atoms with Crippen LogP contribution in [0.15, 0.2) is 30.6 Å². The van der Waals surface area contributed by atoms with Crippen molar-refractivity contribution >= 4 is 5.82 Å². The third-order valence-electron chi connectivity index (χ3n) is 2.27. The van der Waals surface area contributed by atoms with Gasteiger partial charge in [-0.3, -0.25) is 4.98 Å². The zero-order chi connectivity index (χ0) is 13.7. The van der Waals surface area contributed by atoms with Crippen LogP contribution < -0.4 is 20.7 Å². The molecule has 1 aromatic heterocycles. The second kappa shape index (κ2) is 5.66. The molecule has 0 amide bonds. The fourth-order valence-electron chi connectivity index (χ4n) is 1.40. The van der Waals surface area contributed by atoms with Gasteiger partial charge in [-0.15, -0.1) is 0 Å². The lowest BCUT2D eigenvalue weighted by molar-refractivity contribution is 0.373. The Bertz CT molecular complexity index is 624. The van der Waals surface area contributed by atoms with Gasteiger partial charge >= 0.3 is 0 Å². The van der Waals surface area contributed by atoms with Crippen LogP contribution in [0.2, 0.25) is 0 Å². The highest BCUT2D eigenvalue weighted by Gasteiger charge is 2.08. The van der Waals surface area contributed by atoms with Crippen LogP contribution in [0.4, 0.5) is 5.82 Å². The fourth-order valence-corrected chi connectivity index (χ4v) is 1.40. The van der Waals surface area contributed by atoms with E-state index in [-0.39, 0.29) is 5.88 Å². The first-order valence-corrected chi connectivity index (χ1v) is 5.31. The molecule has 7 heteroatoms. The summed E-state index contributed by atoms with van der Waals surface area (Å²) in [5.74, 6) is 6.75. The number of hydrazine groups is 1. The van der Waals surface area contributed by atoms with E-state index in [1.54, 1.807) is 18.2 Å². The van der Waals surface area contributed by atoms with E-state index in [0.29, 0.717) is 22.9 Å². The van der Waals surface area contributed by atoms with Crippen molar-refractivity contribution in [3.05, 3.63) is 36.2 Å². The Morgan fingerprint density at radius 1 is 1.32 bits per heavy atom. The molecule has 2 aromatic rings. The standard InChI is InChI=1S/C12H11N5O2/c1-18-10-4-8(5-13)2-3-9(10)19-12-7-15-6-11(16-12)17-14/h2-4,6-7H,14H2,1H3,(H,16,17). The number of nitriles is 1. The molecule has 1 heterocycles. The molecule has 0 radical (unpaired) electrons. The Morgan fingerprint density at radius 2 is 2.16 bits per heavy atom. The van der Waals surface area contributed by atoms with E-state index in [9.17, 15) is 0 Å². The quantitative estimate of drug-likeness (QED) is 0.630. The second-order valence-corrected chi connectivity index (χ2v) is 3.47. The maximum atomic E-state index is 8.82. The largest absolute Gasteiger partial charge is 0.493 e. The number of hydrogen-bond acceptors (Lipinski definition) is 7. The Hall–Kier alpha value is -2.85. The molecule has 0 aliphatic carbocycles. The number of ether oxygens (including phenoxy) is 2. The maximum Gasteiger partial charge on any atom is 0.240 e. The van der Waals surface area contributed by atoms with E-state index in [1.807, 2.05) is 6.07 Å². The van der Waals surface area contributed by atoms with Crippen LogP contribution in [-0.4, -0.2) is 17.1 Å². The van der Waals surface area contributed by atoms with Crippen LogP contribution in [0.25, 0.3) is 0 Å². The number of methoxy groups -OCH3 is 1. The van der Waals surface area contributed by atoms with Crippen LogP contribution in [0.5, 0.6) is 17.4 Å². The normalized spacial score (nSPS) is 9.53. The summed E-state index contributed by atoms with van der Waals surface area (Å²) < 4.78 is 10.7. The average Bonchev–Trinajstić information content (AvgIpc) is 2.48. The molecule has 0 aliphatic heterocycles. The van der Waals surface area contributed by atoms with Crippen LogP contribution in [0.3, 0.4) is 0 Å². The van der Waals surface area contributed by atoms with Gasteiger partial charge in [0.25, 0.3) is 0 Å². The first-order valence-electron chi connectivity index (χ1n) is 5.31. The Balaban J connectivity index is 2.30. The summed E-state index contributed by atoms with van der Waals surface area (Å²) >= 11 is 0. The van der Waals surface area contributed by atoms with Gasteiger partial charge in [-0.2, -0.15) is 10.2 Å². The Morgan fingerprint density at radius 3 is 2.84 bits per heavy atom. The number of rotatable bonds is 4. The van der Waals surface area contributed by atoms with E-state index < -0.39 is 0 Å². The third-order valence-corrected chi connectivity index (χ3v) is 2.27. The molecule has 96 valence electrons. The molecule has 0 saturated heterocycles. The smallest absolute Gasteiger partial charge is 0.240 e. The molecule has 7 nitrogen and oxygen atoms in total. The predicted octanol–water partition coefficient (Wildman–Crippen LogP) is 1.43. The number of aromatic nitrogens is 2. The molecule has 2 rings (SSSR count). The van der Waals surface area contributed by atoms with E-state index in [0.717, 1.165) is 0 Å². The molecule has 0 spiro atoms. The highest BCUT2D eigenvalue weighted by molar-refractivity contribution is 5.48. The third kappa shape index (κ3) is 2.88. The van der Waals surface area contributed by atoms with E-state index in [1.165, 1.54) is 19.5 Å². The zero-order valence-electron chi connectivity index (χ0n) is 10.1. The molecular formula is C12H11N5O2. The van der Waals surface area contributed by atoms with E-state index >= 15 is 0 Å². The van der Waals surface area contributed by atoms with Gasteiger partial charge in [0.1, 0.15) is 0 Å². The average molecular weight is 257 g/mol. The van der Waals surface area contributed by atoms with Crippen molar-refractivity contribution in [3.8, 4) is 23.4 Å². The zero-order valence-corrected chi connectivity index (χ0v) is 10.1. The van der Waals surface area contributed by atoms with E-state index in [4.69, 9.17) is 20.6 Å². The molecule has 0 aliphatic rings. The van der Waals surface area contributed by atoms with Crippen molar-refractivity contribution in [1.29, 1.82) is 5.26 Å². The highest BCUT2D eigenvalue weighted by Crippen LogP contribution is 2.31. The molecular weight excluding hydrogens is 246 g/mol. The molecule has 1 aromatic carbocycles. The van der Waals surface area contributed by atoms with Crippen molar-refractivity contribution < 1.29 is 9.47 Å². The van der Waals surface area contributed by atoms with Crippen molar-refractivity contribution in [2.24, 2.45) is 5.84 Å². The number of nitrogens with zero attached hydrogens (tertiary/aromatic N) is 3. The number of nitrogens with one attached hydrogen (secondary N) is 1. The summed E-state index contributed by atoms with van der Waals surface area (Å²) in [4.78, 5) is 7.98. The number of benzene rings is 1. The van der Waals surface area contributed by atoms with Crippen molar-refractivity contribution in [2.75, 3.05) is 12.5 Å². The number of nitrogens with two attached hydrogens (primary N) is 1. The monoisotopic (exact) mass is 257 g/mol. The molecule has 0 saturated carbocycles. The number of hydrogen-bond donors (Lipinski definition) is 2. The van der Waals surface area contributed by atoms with Crippen LogP contribution in [-0.2, 0) is 0 Å². The molecule has 19 heavy (non-hydrogen) atoms. The van der Waals surface area contributed by atoms with Crippen LogP contribution in [0, 0.1) is 11.3 Å². The topological polar surface area (TPSA) is 106 Å². The van der Waals surface area contributed by atoms with Gasteiger partial charge in [0.15, 0.2) is 17.3 Å². The minimum atomic E-state index is 0.262. The minimum absolute atomic E-state index is 0.262. The van der Waals surface area contributed by atoms with Crippen molar-refractivity contribution in [2.45, 2.75) is 0 Å². The molecule has 0 atom stereocenters. The lowest BCUT2D eigenvalue weighted by atomic mass is 10.2. The second-order valence-electron chi connectivity index (χ2n) is 3.47. The first-order chi connectivity index (χ1) is 9.26. The van der Waals surface area contributed by atoms with Gasteiger partial charge in [-0.25, -0.2) is 5.84 Å². The summed E-state index contributed by atoms with van der Waals surface area (Å²) in [5, 5.41) is 8.82. The van der Waals surface area contributed by atoms with Crippen molar-refractivity contribution in [1.82, 2.24) is 9.97 Å². The van der Waals surface area contributed by atoms with Gasteiger partial charge in [-0.1, -0.05) is 0 Å². The Labute approximate surface area is 109 Å². The summed E-state index contributed by atoms with van der Waals surface area (Å²) in [6.45, 7) is 0. The van der Waals surface area contributed by atoms with Crippen LogP contribution in [0.1, 0.15) is 5.56 Å². The lowest BCUT2D eigenvalue weighted by Crippen LogP contribution is -2.09. The minimum Gasteiger partial charge on any atom is -0.493 e. The van der Waals surface area contributed by atoms with Gasteiger partial charge in [0, 0.05) is 6.07 Å². The Kier molecular flexibility index (Phi) is 3.75. The van der Waals surface area contributed by atoms with Crippen LogP contribution >= 0.6 is 0 Å². The van der Waals surface area contributed by atoms with Gasteiger partial charge < -0.3 is 14.9 Å². The molecule has 3 N–H and O–H groups in total. The lowest BCUT2D eigenvalue weighted by Gasteiger charge is -2.09. The number of nitrogen functional groups attached to an aromatic ring is 1. The maximum absolute atomic E-state index is 8.82. The van der Waals surface area contributed by atoms with Gasteiger partial charge in [-0.05, 0) is 12.1 Å². The molecule has 0 fully saturated rings. The van der Waals surface area contributed by atoms with Gasteiger partial charge in [0.05, 0.1) is 31.1 Å². The number of anilines is 1. The summed E-state index contributed by atoms with van der Waals surface area (Å²) in [6.07, 6.45) is 2.90. The fraction of sp³-hybridized carbons (Fsp3) is 0.0833. The van der Waals surface area contributed by atoms with Crippen molar-refractivity contribution in [3.63, 3.8) is 0 Å². The highest BCUT2D eigenvalue weighted by atomic mass is 16.5.